The minimum atomic E-state index is -3.90. The molecule has 1 heterocycles. The molecule has 0 bridgehead atoms. The minimum Gasteiger partial charge on any atom is -0.467 e. The summed E-state index contributed by atoms with van der Waals surface area (Å²) in [5.74, 6) is -0.377. The minimum absolute atomic E-state index is 0.0965. The Hall–Kier alpha value is -3.95. The number of sulfonamides is 1. The maximum absolute atomic E-state index is 13.0. The van der Waals surface area contributed by atoms with Crippen LogP contribution in [0, 0.1) is 0 Å². The van der Waals surface area contributed by atoms with Crippen LogP contribution in [0.2, 0.25) is 0 Å². The van der Waals surface area contributed by atoms with E-state index in [4.69, 9.17) is 4.42 Å². The van der Waals surface area contributed by atoms with Gasteiger partial charge in [0.2, 0.25) is 15.9 Å². The molecule has 0 fully saturated rings. The molecule has 34 heavy (non-hydrogen) atoms. The topological polar surface area (TPSA) is 109 Å². The van der Waals surface area contributed by atoms with Gasteiger partial charge in [-0.1, -0.05) is 42.5 Å². The molecule has 2 amide bonds. The SMILES string of the molecule is CN(CC(=O)Nc1ccccc1C(=O)NCc1ccco1)S(=O)(=O)c1ccc2ccccc2c1. The van der Waals surface area contributed by atoms with Crippen LogP contribution in [0.1, 0.15) is 16.1 Å². The van der Waals surface area contributed by atoms with Gasteiger partial charge in [-0.05, 0) is 47.2 Å². The van der Waals surface area contributed by atoms with Gasteiger partial charge in [0.15, 0.2) is 0 Å². The summed E-state index contributed by atoms with van der Waals surface area (Å²) in [5.41, 5.74) is 0.531. The van der Waals surface area contributed by atoms with E-state index in [0.29, 0.717) is 5.76 Å². The van der Waals surface area contributed by atoms with Gasteiger partial charge in [-0.15, -0.1) is 0 Å². The zero-order chi connectivity index (χ0) is 24.1. The summed E-state index contributed by atoms with van der Waals surface area (Å²) >= 11 is 0. The van der Waals surface area contributed by atoms with E-state index in [0.717, 1.165) is 15.1 Å². The van der Waals surface area contributed by atoms with Crippen molar-refractivity contribution in [2.75, 3.05) is 18.9 Å². The van der Waals surface area contributed by atoms with Crippen LogP contribution in [-0.2, 0) is 21.4 Å². The molecule has 4 aromatic rings. The monoisotopic (exact) mass is 477 g/mol. The number of benzene rings is 3. The van der Waals surface area contributed by atoms with Gasteiger partial charge in [0.1, 0.15) is 5.76 Å². The number of nitrogens with one attached hydrogen (secondary N) is 2. The van der Waals surface area contributed by atoms with Crippen LogP contribution in [0.4, 0.5) is 5.69 Å². The highest BCUT2D eigenvalue weighted by atomic mass is 32.2. The van der Waals surface area contributed by atoms with Crippen LogP contribution in [0.5, 0.6) is 0 Å². The molecule has 9 heteroatoms. The van der Waals surface area contributed by atoms with Crippen LogP contribution >= 0.6 is 0 Å². The highest BCUT2D eigenvalue weighted by Gasteiger charge is 2.24. The first kappa shape index (κ1) is 23.2. The molecule has 3 aromatic carbocycles. The Morgan fingerprint density at radius 3 is 2.41 bits per heavy atom. The summed E-state index contributed by atoms with van der Waals surface area (Å²) in [5, 5.41) is 7.07. The van der Waals surface area contributed by atoms with Crippen LogP contribution in [0.15, 0.2) is 94.4 Å². The van der Waals surface area contributed by atoms with E-state index in [9.17, 15) is 18.0 Å². The number of carbonyl (C=O) groups excluding carboxylic acids is 2. The van der Waals surface area contributed by atoms with Crippen molar-refractivity contribution in [3.05, 3.63) is 96.4 Å². The normalized spacial score (nSPS) is 11.5. The first-order valence-corrected chi connectivity index (χ1v) is 11.9. The summed E-state index contributed by atoms with van der Waals surface area (Å²) in [6, 6.07) is 22.2. The average Bonchev–Trinajstić information content (AvgIpc) is 3.36. The Balaban J connectivity index is 1.44. The second-order valence-electron chi connectivity index (χ2n) is 7.63. The Bertz CT molecular complexity index is 1430. The largest absolute Gasteiger partial charge is 0.467 e. The molecule has 0 unspecified atom stereocenters. The van der Waals surface area contributed by atoms with Gasteiger partial charge in [-0.2, -0.15) is 4.31 Å². The summed E-state index contributed by atoms with van der Waals surface area (Å²) in [4.78, 5) is 25.4. The van der Waals surface area contributed by atoms with Crippen LogP contribution < -0.4 is 10.6 Å². The van der Waals surface area contributed by atoms with E-state index in [-0.39, 0.29) is 22.7 Å². The van der Waals surface area contributed by atoms with Crippen molar-refractivity contribution in [1.29, 1.82) is 0 Å². The van der Waals surface area contributed by atoms with Gasteiger partial charge < -0.3 is 15.1 Å². The number of nitrogens with zero attached hydrogens (tertiary/aromatic N) is 1. The fourth-order valence-electron chi connectivity index (χ4n) is 3.45. The predicted octanol–water partition coefficient (Wildman–Crippen LogP) is 3.62. The lowest BCUT2D eigenvalue weighted by molar-refractivity contribution is -0.116. The number of anilines is 1. The molecular weight excluding hydrogens is 454 g/mol. The molecular formula is C25H23N3O5S. The lowest BCUT2D eigenvalue weighted by atomic mass is 10.1. The van der Waals surface area contributed by atoms with Crippen molar-refractivity contribution in [2.24, 2.45) is 0 Å². The molecule has 8 nitrogen and oxygen atoms in total. The van der Waals surface area contributed by atoms with Crippen LogP contribution in [0.25, 0.3) is 10.8 Å². The average molecular weight is 478 g/mol. The molecule has 0 atom stereocenters. The first-order valence-electron chi connectivity index (χ1n) is 10.5. The van der Waals surface area contributed by atoms with E-state index >= 15 is 0 Å². The Kier molecular flexibility index (Phi) is 6.76. The zero-order valence-corrected chi connectivity index (χ0v) is 19.2. The molecule has 0 radical (unpaired) electrons. The molecule has 1 aromatic heterocycles. The smallest absolute Gasteiger partial charge is 0.253 e. The third-order valence-corrected chi connectivity index (χ3v) is 7.04. The van der Waals surface area contributed by atoms with Crippen molar-refractivity contribution in [2.45, 2.75) is 11.4 Å². The van der Waals surface area contributed by atoms with Crippen molar-refractivity contribution < 1.29 is 22.4 Å². The number of para-hydroxylation sites is 1. The van der Waals surface area contributed by atoms with Crippen molar-refractivity contribution in [1.82, 2.24) is 9.62 Å². The van der Waals surface area contributed by atoms with Crippen LogP contribution in [0.3, 0.4) is 0 Å². The number of amides is 2. The van der Waals surface area contributed by atoms with E-state index in [1.165, 1.54) is 19.4 Å². The fraction of sp³-hybridized carbons (Fsp3) is 0.120. The van der Waals surface area contributed by atoms with Gasteiger partial charge in [0.25, 0.3) is 5.91 Å². The molecule has 2 N–H and O–H groups in total. The maximum Gasteiger partial charge on any atom is 0.253 e. The molecule has 0 aliphatic rings. The lowest BCUT2D eigenvalue weighted by Crippen LogP contribution is -2.35. The summed E-state index contributed by atoms with van der Waals surface area (Å²) in [7, 11) is -2.56. The van der Waals surface area contributed by atoms with Gasteiger partial charge in [0.05, 0.1) is 35.5 Å². The quantitative estimate of drug-likeness (QED) is 0.403. The van der Waals surface area contributed by atoms with Crippen LogP contribution in [-0.4, -0.2) is 38.1 Å². The first-order chi connectivity index (χ1) is 16.3. The van der Waals surface area contributed by atoms with Gasteiger partial charge in [0, 0.05) is 7.05 Å². The Morgan fingerprint density at radius 1 is 0.912 bits per heavy atom. The van der Waals surface area contributed by atoms with Gasteiger partial charge in [-0.3, -0.25) is 9.59 Å². The van der Waals surface area contributed by atoms with Crippen molar-refractivity contribution in [3.8, 4) is 0 Å². The third kappa shape index (κ3) is 5.16. The highest BCUT2D eigenvalue weighted by Crippen LogP contribution is 2.21. The standard InChI is InChI=1S/C25H23N3O5S/c1-28(34(31,32)21-13-12-18-7-2-3-8-19(18)15-21)17-24(29)27-23-11-5-4-10-22(23)25(30)26-16-20-9-6-14-33-20/h2-15H,16-17H2,1H3,(H,26,30)(H,27,29). The number of likely N-dealkylation sites (N-methyl/N-ethyl adjacent to an activating group) is 1. The Labute approximate surface area is 197 Å². The fourth-order valence-corrected chi connectivity index (χ4v) is 4.61. The second kappa shape index (κ2) is 9.90. The Morgan fingerprint density at radius 2 is 1.65 bits per heavy atom. The predicted molar refractivity (Wildman–Crippen MR) is 129 cm³/mol. The molecule has 0 saturated heterocycles. The number of hydrogen-bond donors (Lipinski definition) is 2. The van der Waals surface area contributed by atoms with E-state index < -0.39 is 28.4 Å². The number of fused-ring (bicyclic) bond motifs is 1. The number of carbonyl (C=O) groups is 2. The van der Waals surface area contributed by atoms with Crippen molar-refractivity contribution in [3.63, 3.8) is 0 Å². The van der Waals surface area contributed by atoms with Gasteiger partial charge in [-0.25, -0.2) is 8.42 Å². The van der Waals surface area contributed by atoms with Gasteiger partial charge >= 0.3 is 0 Å². The third-order valence-electron chi connectivity index (χ3n) is 5.24. The summed E-state index contributed by atoms with van der Waals surface area (Å²) in [6.07, 6.45) is 1.51. The number of hydrogen-bond acceptors (Lipinski definition) is 5. The summed E-state index contributed by atoms with van der Waals surface area (Å²) < 4.78 is 32.2. The number of furan rings is 1. The second-order valence-corrected chi connectivity index (χ2v) is 9.67. The molecule has 174 valence electrons. The molecule has 0 saturated carbocycles. The number of rotatable bonds is 8. The molecule has 0 aliphatic heterocycles. The zero-order valence-electron chi connectivity index (χ0n) is 18.4. The van der Waals surface area contributed by atoms with Crippen molar-refractivity contribution >= 4 is 38.3 Å². The molecule has 0 aliphatic carbocycles. The maximum atomic E-state index is 13.0. The highest BCUT2D eigenvalue weighted by molar-refractivity contribution is 7.89. The molecule has 4 rings (SSSR count). The lowest BCUT2D eigenvalue weighted by Gasteiger charge is -2.18. The van der Waals surface area contributed by atoms with E-state index in [2.05, 4.69) is 10.6 Å². The van der Waals surface area contributed by atoms with E-state index in [1.807, 2.05) is 24.3 Å². The summed E-state index contributed by atoms with van der Waals surface area (Å²) in [6.45, 7) is -0.224. The van der Waals surface area contributed by atoms with E-state index in [1.54, 1.807) is 48.5 Å². The molecule has 0 spiro atoms.